The minimum atomic E-state index is -3.61. The quantitative estimate of drug-likeness (QED) is 0.503. The molecule has 9 nitrogen and oxygen atoms in total. The molecule has 30 heavy (non-hydrogen) atoms. The van der Waals surface area contributed by atoms with Gasteiger partial charge in [0.15, 0.2) is 6.04 Å². The van der Waals surface area contributed by atoms with Crippen molar-refractivity contribution < 1.29 is 23.0 Å². The summed E-state index contributed by atoms with van der Waals surface area (Å²) in [6.07, 6.45) is 0. The van der Waals surface area contributed by atoms with Crippen LogP contribution in [0.2, 0.25) is 5.02 Å². The third-order valence-electron chi connectivity index (χ3n) is 5.15. The predicted octanol–water partition coefficient (Wildman–Crippen LogP) is 1.16. The highest BCUT2D eigenvalue weighted by Crippen LogP contribution is 2.19. The largest absolute Gasteiger partial charge is 0.323 e. The zero-order valence-electron chi connectivity index (χ0n) is 16.2. The number of carbonyl (C=O) groups is 1. The zero-order valence-corrected chi connectivity index (χ0v) is 17.8. The number of quaternary nitrogens is 1. The zero-order chi connectivity index (χ0) is 21.9. The Balaban J connectivity index is 1.60. The lowest BCUT2D eigenvalue weighted by Crippen LogP contribution is -3.19. The Bertz CT molecular complexity index is 1040. The maximum Gasteiger partial charge on any atom is 0.282 e. The highest BCUT2D eigenvalue weighted by atomic mass is 35.5. The van der Waals surface area contributed by atoms with E-state index in [2.05, 4.69) is 5.32 Å². The summed E-state index contributed by atoms with van der Waals surface area (Å²) in [5, 5.41) is 14.0. The van der Waals surface area contributed by atoms with Gasteiger partial charge in [-0.25, -0.2) is 8.42 Å². The molecule has 0 radical (unpaired) electrons. The Hall–Kier alpha value is -2.53. The molecule has 0 unspecified atom stereocenters. The summed E-state index contributed by atoms with van der Waals surface area (Å²) in [5.41, 5.74) is 0.248. The summed E-state index contributed by atoms with van der Waals surface area (Å²) in [4.78, 5) is 24.1. The van der Waals surface area contributed by atoms with Crippen molar-refractivity contribution in [3.05, 3.63) is 63.7 Å². The second kappa shape index (κ2) is 9.09. The van der Waals surface area contributed by atoms with E-state index in [0.29, 0.717) is 23.8 Å². The first-order chi connectivity index (χ1) is 14.2. The van der Waals surface area contributed by atoms with E-state index in [1.54, 1.807) is 13.0 Å². The smallest absolute Gasteiger partial charge is 0.282 e. The van der Waals surface area contributed by atoms with Gasteiger partial charge in [0.25, 0.3) is 11.6 Å². The summed E-state index contributed by atoms with van der Waals surface area (Å²) in [5.74, 6) is -0.278. The van der Waals surface area contributed by atoms with Crippen molar-refractivity contribution in [3.8, 4) is 0 Å². The van der Waals surface area contributed by atoms with Crippen molar-refractivity contribution in [1.29, 1.82) is 0 Å². The molecule has 3 rings (SSSR count). The van der Waals surface area contributed by atoms with Crippen LogP contribution in [0.5, 0.6) is 0 Å². The lowest BCUT2D eigenvalue weighted by atomic mass is 10.2. The number of carbonyl (C=O) groups excluding carboxylic acids is 1. The number of rotatable bonds is 6. The van der Waals surface area contributed by atoms with Crippen molar-refractivity contribution in [3.63, 3.8) is 0 Å². The summed E-state index contributed by atoms with van der Waals surface area (Å²) >= 11 is 5.83. The SMILES string of the molecule is C[C@@H](C(=O)Nc1cccc([N+](=O)[O-])c1)[NH+]1CCN(S(=O)(=O)c2ccc(Cl)cc2)CC1. The molecule has 1 heterocycles. The highest BCUT2D eigenvalue weighted by Gasteiger charge is 2.34. The van der Waals surface area contributed by atoms with Gasteiger partial charge >= 0.3 is 0 Å². The van der Waals surface area contributed by atoms with E-state index in [9.17, 15) is 23.3 Å². The number of sulfonamides is 1. The van der Waals surface area contributed by atoms with Crippen LogP contribution in [0.15, 0.2) is 53.4 Å². The standard InChI is InChI=1S/C19H21ClN4O5S/c1-14(19(25)21-16-3-2-4-17(13-16)24(26)27)22-9-11-23(12-10-22)30(28,29)18-7-5-15(20)6-8-18/h2-8,13-14H,9-12H2,1H3,(H,21,25)/p+1/t14-/m0/s1. The fourth-order valence-corrected chi connectivity index (χ4v) is 4.90. The van der Waals surface area contributed by atoms with E-state index in [4.69, 9.17) is 11.6 Å². The molecule has 0 bridgehead atoms. The number of hydrogen-bond acceptors (Lipinski definition) is 5. The maximum atomic E-state index is 12.8. The molecule has 11 heteroatoms. The Morgan fingerprint density at radius 3 is 2.43 bits per heavy atom. The first kappa shape index (κ1) is 22.2. The van der Waals surface area contributed by atoms with Gasteiger partial charge in [0, 0.05) is 22.8 Å². The van der Waals surface area contributed by atoms with Crippen LogP contribution in [0.1, 0.15) is 6.92 Å². The van der Waals surface area contributed by atoms with Gasteiger partial charge in [-0.1, -0.05) is 17.7 Å². The Labute approximate surface area is 179 Å². The molecule has 1 atom stereocenters. The fourth-order valence-electron chi connectivity index (χ4n) is 3.34. The van der Waals surface area contributed by atoms with Gasteiger partial charge in [0.1, 0.15) is 0 Å². The van der Waals surface area contributed by atoms with Crippen LogP contribution in [0.4, 0.5) is 11.4 Å². The highest BCUT2D eigenvalue weighted by molar-refractivity contribution is 7.89. The van der Waals surface area contributed by atoms with Crippen molar-refractivity contribution in [2.75, 3.05) is 31.5 Å². The van der Waals surface area contributed by atoms with Gasteiger partial charge in [-0.3, -0.25) is 14.9 Å². The second-order valence-electron chi connectivity index (χ2n) is 7.03. The molecule has 2 aromatic rings. The Kier molecular flexibility index (Phi) is 6.71. The third kappa shape index (κ3) is 4.96. The van der Waals surface area contributed by atoms with E-state index in [1.807, 2.05) is 0 Å². The monoisotopic (exact) mass is 453 g/mol. The third-order valence-corrected chi connectivity index (χ3v) is 7.31. The molecule has 1 amide bonds. The first-order valence-electron chi connectivity index (χ1n) is 9.34. The number of hydrogen-bond donors (Lipinski definition) is 2. The number of non-ortho nitro benzene ring substituents is 1. The van der Waals surface area contributed by atoms with E-state index in [1.165, 1.54) is 46.8 Å². The number of nitro benzene ring substituents is 1. The molecule has 1 aliphatic heterocycles. The molecule has 2 N–H and O–H groups in total. The Morgan fingerprint density at radius 1 is 1.20 bits per heavy atom. The van der Waals surface area contributed by atoms with Crippen LogP contribution < -0.4 is 10.2 Å². The average molecular weight is 454 g/mol. The van der Waals surface area contributed by atoms with Crippen LogP contribution in [-0.4, -0.2) is 55.8 Å². The van der Waals surface area contributed by atoms with Gasteiger partial charge in [-0.15, -0.1) is 0 Å². The van der Waals surface area contributed by atoms with Crippen LogP contribution >= 0.6 is 11.6 Å². The maximum absolute atomic E-state index is 12.8. The molecule has 0 saturated carbocycles. The summed E-state index contributed by atoms with van der Waals surface area (Å²) < 4.78 is 27.0. The van der Waals surface area contributed by atoms with Crippen LogP contribution in [-0.2, 0) is 14.8 Å². The Morgan fingerprint density at radius 2 is 1.83 bits per heavy atom. The van der Waals surface area contributed by atoms with E-state index in [-0.39, 0.29) is 29.6 Å². The molecule has 1 aliphatic rings. The molecule has 2 aromatic carbocycles. The normalized spacial score (nSPS) is 16.7. The van der Waals surface area contributed by atoms with Crippen LogP contribution in [0, 0.1) is 10.1 Å². The number of halogens is 1. The van der Waals surface area contributed by atoms with Gasteiger partial charge in [-0.05, 0) is 37.3 Å². The van der Waals surface area contributed by atoms with E-state index in [0.717, 1.165) is 4.90 Å². The summed E-state index contributed by atoms with van der Waals surface area (Å²) in [6, 6.07) is 11.3. The second-order valence-corrected chi connectivity index (χ2v) is 9.41. The van der Waals surface area contributed by atoms with E-state index >= 15 is 0 Å². The predicted molar refractivity (Wildman–Crippen MR) is 112 cm³/mol. The van der Waals surface area contributed by atoms with Crippen molar-refractivity contribution >= 4 is 38.9 Å². The lowest BCUT2D eigenvalue weighted by molar-refractivity contribution is -0.917. The molecule has 160 valence electrons. The van der Waals surface area contributed by atoms with Crippen LogP contribution in [0.3, 0.4) is 0 Å². The van der Waals surface area contributed by atoms with Crippen molar-refractivity contribution in [2.24, 2.45) is 0 Å². The molecule has 1 fully saturated rings. The molecule has 1 saturated heterocycles. The summed E-state index contributed by atoms with van der Waals surface area (Å²) in [6.45, 7) is 3.27. The number of piperazine rings is 1. The molecule has 0 aromatic heterocycles. The topological polar surface area (TPSA) is 114 Å². The minimum absolute atomic E-state index is 0.103. The number of amides is 1. The van der Waals surface area contributed by atoms with Gasteiger partial charge in [0.05, 0.1) is 36.0 Å². The van der Waals surface area contributed by atoms with E-state index < -0.39 is 21.0 Å². The number of nitro groups is 1. The number of anilines is 1. The molecule has 0 spiro atoms. The fraction of sp³-hybridized carbons (Fsp3) is 0.316. The van der Waals surface area contributed by atoms with Gasteiger partial charge in [0.2, 0.25) is 10.0 Å². The van der Waals surface area contributed by atoms with Crippen molar-refractivity contribution in [1.82, 2.24) is 4.31 Å². The number of nitrogens with one attached hydrogen (secondary N) is 2. The average Bonchev–Trinajstić information content (AvgIpc) is 2.73. The molecule has 0 aliphatic carbocycles. The van der Waals surface area contributed by atoms with Crippen LogP contribution in [0.25, 0.3) is 0 Å². The first-order valence-corrected chi connectivity index (χ1v) is 11.2. The molecular formula is C19H22ClN4O5S+. The lowest BCUT2D eigenvalue weighted by Gasteiger charge is -2.34. The molecular weight excluding hydrogens is 432 g/mol. The summed E-state index contributed by atoms with van der Waals surface area (Å²) in [7, 11) is -3.61. The van der Waals surface area contributed by atoms with Gasteiger partial charge in [-0.2, -0.15) is 4.31 Å². The number of benzene rings is 2. The van der Waals surface area contributed by atoms with Crippen molar-refractivity contribution in [2.45, 2.75) is 17.9 Å². The van der Waals surface area contributed by atoms with Gasteiger partial charge < -0.3 is 10.2 Å². The minimum Gasteiger partial charge on any atom is -0.323 e. The number of nitrogens with zero attached hydrogens (tertiary/aromatic N) is 2.